The predicted molar refractivity (Wildman–Crippen MR) is 114 cm³/mol. The van der Waals surface area contributed by atoms with Crippen molar-refractivity contribution >= 4 is 40.7 Å². The second-order valence-corrected chi connectivity index (χ2v) is 6.21. The van der Waals surface area contributed by atoms with Crippen molar-refractivity contribution in [3.63, 3.8) is 0 Å². The molecule has 0 aliphatic carbocycles. The monoisotopic (exact) mass is 414 g/mol. The zero-order valence-electron chi connectivity index (χ0n) is 16.1. The molecule has 2 rings (SSSR count). The fourth-order valence-electron chi connectivity index (χ4n) is 2.22. The molecule has 0 aliphatic heterocycles. The van der Waals surface area contributed by atoms with E-state index in [1.807, 2.05) is 6.92 Å². The van der Waals surface area contributed by atoms with Gasteiger partial charge in [0.2, 0.25) is 5.91 Å². The highest BCUT2D eigenvalue weighted by atomic mass is 32.1. The van der Waals surface area contributed by atoms with Gasteiger partial charge >= 0.3 is 0 Å². The van der Waals surface area contributed by atoms with E-state index < -0.39 is 11.8 Å². The Hall–Kier alpha value is -3.46. The molecule has 0 saturated heterocycles. The van der Waals surface area contributed by atoms with Crippen molar-refractivity contribution in [2.75, 3.05) is 11.9 Å². The number of carbonyl (C=O) groups excluding carboxylic acids is 3. The third kappa shape index (κ3) is 6.89. The van der Waals surface area contributed by atoms with Crippen LogP contribution in [0.4, 0.5) is 5.69 Å². The van der Waals surface area contributed by atoms with Crippen LogP contribution in [0.25, 0.3) is 0 Å². The van der Waals surface area contributed by atoms with E-state index in [4.69, 9.17) is 17.0 Å². The van der Waals surface area contributed by atoms with Gasteiger partial charge in [0.25, 0.3) is 11.8 Å². The molecule has 8 nitrogen and oxygen atoms in total. The molecule has 9 heteroatoms. The topological polar surface area (TPSA) is 109 Å². The zero-order chi connectivity index (χ0) is 21.2. The second kappa shape index (κ2) is 10.8. The number of benzene rings is 2. The predicted octanol–water partition coefficient (Wildman–Crippen LogP) is 2.38. The summed E-state index contributed by atoms with van der Waals surface area (Å²) in [4.78, 5) is 35.7. The summed E-state index contributed by atoms with van der Waals surface area (Å²) in [5, 5.41) is 5.11. The maximum absolute atomic E-state index is 12.2. The maximum Gasteiger partial charge on any atom is 0.269 e. The van der Waals surface area contributed by atoms with Crippen molar-refractivity contribution in [3.05, 3.63) is 59.7 Å². The lowest BCUT2D eigenvalue weighted by molar-refractivity contribution is -0.115. The summed E-state index contributed by atoms with van der Waals surface area (Å²) >= 11 is 5.02. The van der Waals surface area contributed by atoms with Crippen molar-refractivity contribution < 1.29 is 19.1 Å². The first-order chi connectivity index (χ1) is 13.9. The van der Waals surface area contributed by atoms with E-state index in [9.17, 15) is 14.4 Å². The highest BCUT2D eigenvalue weighted by molar-refractivity contribution is 7.80. The first kappa shape index (κ1) is 21.8. The summed E-state index contributed by atoms with van der Waals surface area (Å²) < 4.78 is 5.32. The van der Waals surface area contributed by atoms with Crippen LogP contribution in [-0.2, 0) is 4.79 Å². The molecule has 2 aromatic rings. The van der Waals surface area contributed by atoms with Gasteiger partial charge < -0.3 is 10.1 Å². The van der Waals surface area contributed by atoms with Gasteiger partial charge in [-0.05, 0) is 67.7 Å². The van der Waals surface area contributed by atoms with Gasteiger partial charge in [0.15, 0.2) is 5.11 Å². The van der Waals surface area contributed by atoms with Gasteiger partial charge in [-0.2, -0.15) is 0 Å². The standard InChI is InChI=1S/C20H22N4O4S/c1-3-17(25)21-15-9-5-14(6-10-15)19(27)23-24-20(29)22-18(26)13-7-11-16(12-8-13)28-4-2/h5-12H,3-4H2,1-2H3,(H,21,25)(H,23,27)(H2,22,24,26,29). The van der Waals surface area contributed by atoms with Gasteiger partial charge in [0, 0.05) is 23.2 Å². The first-order valence-electron chi connectivity index (χ1n) is 8.97. The third-order valence-corrected chi connectivity index (χ3v) is 3.90. The van der Waals surface area contributed by atoms with E-state index in [1.54, 1.807) is 55.5 Å². The number of anilines is 1. The zero-order valence-corrected chi connectivity index (χ0v) is 16.9. The Bertz CT molecular complexity index is 882. The van der Waals surface area contributed by atoms with Crippen LogP contribution in [0.5, 0.6) is 5.75 Å². The molecule has 152 valence electrons. The van der Waals surface area contributed by atoms with Crippen LogP contribution in [0.2, 0.25) is 0 Å². The number of amides is 3. The smallest absolute Gasteiger partial charge is 0.269 e. The molecule has 0 spiro atoms. The van der Waals surface area contributed by atoms with Crippen molar-refractivity contribution in [1.29, 1.82) is 0 Å². The lowest BCUT2D eigenvalue weighted by Gasteiger charge is -2.11. The van der Waals surface area contributed by atoms with Gasteiger partial charge in [-0.25, -0.2) is 0 Å². The molecule has 0 aliphatic rings. The number of carbonyl (C=O) groups is 3. The van der Waals surface area contributed by atoms with E-state index in [1.165, 1.54) is 0 Å². The minimum absolute atomic E-state index is 0.0518. The molecule has 0 atom stereocenters. The number of hydrogen-bond donors (Lipinski definition) is 4. The van der Waals surface area contributed by atoms with Crippen molar-refractivity contribution in [2.24, 2.45) is 0 Å². The molecule has 0 unspecified atom stereocenters. The summed E-state index contributed by atoms with van der Waals surface area (Å²) in [6, 6.07) is 12.9. The summed E-state index contributed by atoms with van der Waals surface area (Å²) in [5.74, 6) is -0.318. The van der Waals surface area contributed by atoms with Gasteiger partial charge in [-0.15, -0.1) is 0 Å². The van der Waals surface area contributed by atoms with Crippen LogP contribution in [-0.4, -0.2) is 29.4 Å². The number of ether oxygens (including phenoxy) is 1. The molecule has 0 aromatic heterocycles. The van der Waals surface area contributed by atoms with Crippen LogP contribution in [0.3, 0.4) is 0 Å². The van der Waals surface area contributed by atoms with Crippen molar-refractivity contribution in [3.8, 4) is 5.75 Å². The van der Waals surface area contributed by atoms with E-state index in [0.717, 1.165) is 0 Å². The van der Waals surface area contributed by atoms with Crippen LogP contribution in [0, 0.1) is 0 Å². The number of hydrogen-bond acceptors (Lipinski definition) is 5. The molecule has 29 heavy (non-hydrogen) atoms. The lowest BCUT2D eigenvalue weighted by Crippen LogP contribution is -2.48. The fraction of sp³-hybridized carbons (Fsp3) is 0.200. The minimum Gasteiger partial charge on any atom is -0.494 e. The molecule has 2 aromatic carbocycles. The number of rotatable bonds is 6. The largest absolute Gasteiger partial charge is 0.494 e. The average Bonchev–Trinajstić information content (AvgIpc) is 2.73. The molecular weight excluding hydrogens is 392 g/mol. The molecular formula is C20H22N4O4S. The summed E-state index contributed by atoms with van der Waals surface area (Å²) in [5.41, 5.74) is 6.22. The highest BCUT2D eigenvalue weighted by Gasteiger charge is 2.10. The van der Waals surface area contributed by atoms with Crippen LogP contribution in [0.1, 0.15) is 41.0 Å². The van der Waals surface area contributed by atoms with E-state index in [0.29, 0.717) is 35.6 Å². The van der Waals surface area contributed by atoms with E-state index in [2.05, 4.69) is 21.5 Å². The molecule has 0 fully saturated rings. The molecule has 0 heterocycles. The van der Waals surface area contributed by atoms with Crippen molar-refractivity contribution in [2.45, 2.75) is 20.3 Å². The van der Waals surface area contributed by atoms with Gasteiger partial charge in [0.1, 0.15) is 5.75 Å². The Morgan fingerprint density at radius 2 is 1.45 bits per heavy atom. The normalized spacial score (nSPS) is 9.86. The molecule has 4 N–H and O–H groups in total. The lowest BCUT2D eigenvalue weighted by atomic mass is 10.2. The highest BCUT2D eigenvalue weighted by Crippen LogP contribution is 2.12. The summed E-state index contributed by atoms with van der Waals surface area (Å²) in [6.07, 6.45) is 0.367. The third-order valence-electron chi connectivity index (χ3n) is 3.70. The SMILES string of the molecule is CCOc1ccc(C(=O)NC(=S)NNC(=O)c2ccc(NC(=O)CC)cc2)cc1. The van der Waals surface area contributed by atoms with Gasteiger partial charge in [0.05, 0.1) is 6.61 Å². The fourth-order valence-corrected chi connectivity index (χ4v) is 2.36. The van der Waals surface area contributed by atoms with Crippen LogP contribution in [0.15, 0.2) is 48.5 Å². The Morgan fingerprint density at radius 1 is 0.862 bits per heavy atom. The molecule has 0 bridgehead atoms. The number of hydrazine groups is 1. The summed E-state index contributed by atoms with van der Waals surface area (Å²) in [6.45, 7) is 4.16. The van der Waals surface area contributed by atoms with E-state index in [-0.39, 0.29) is 11.0 Å². The van der Waals surface area contributed by atoms with Gasteiger partial charge in [-0.3, -0.25) is 30.6 Å². The van der Waals surface area contributed by atoms with Crippen LogP contribution < -0.4 is 26.2 Å². The molecule has 3 amide bonds. The van der Waals surface area contributed by atoms with Crippen LogP contribution >= 0.6 is 12.2 Å². The number of nitrogens with one attached hydrogen (secondary N) is 4. The quantitative estimate of drug-likeness (QED) is 0.427. The average molecular weight is 414 g/mol. The van der Waals surface area contributed by atoms with Gasteiger partial charge in [-0.1, -0.05) is 6.92 Å². The molecule has 0 radical (unpaired) electrons. The Kier molecular flexibility index (Phi) is 8.11. The first-order valence-corrected chi connectivity index (χ1v) is 9.38. The molecule has 0 saturated carbocycles. The van der Waals surface area contributed by atoms with E-state index >= 15 is 0 Å². The Labute approximate surface area is 174 Å². The Balaban J connectivity index is 1.82. The summed E-state index contributed by atoms with van der Waals surface area (Å²) in [7, 11) is 0. The Morgan fingerprint density at radius 3 is 2.03 bits per heavy atom. The minimum atomic E-state index is -0.448. The number of thiocarbonyl (C=S) groups is 1. The van der Waals surface area contributed by atoms with Crippen molar-refractivity contribution in [1.82, 2.24) is 16.2 Å². The second-order valence-electron chi connectivity index (χ2n) is 5.80. The maximum atomic E-state index is 12.2.